The van der Waals surface area contributed by atoms with Crippen LogP contribution in [0.1, 0.15) is 6.42 Å². The summed E-state index contributed by atoms with van der Waals surface area (Å²) < 4.78 is 7.11. The van der Waals surface area contributed by atoms with Crippen molar-refractivity contribution in [2.45, 2.75) is 13.0 Å². The Morgan fingerprint density at radius 1 is 1.18 bits per heavy atom. The second-order valence-electron chi connectivity index (χ2n) is 3.63. The highest BCUT2D eigenvalue weighted by molar-refractivity contribution is 5.20. The molecule has 0 amide bonds. The molecular formula is C13H14N2O2. The lowest BCUT2D eigenvalue weighted by molar-refractivity contribution is 0.300. The van der Waals surface area contributed by atoms with Crippen molar-refractivity contribution in [2.75, 3.05) is 6.61 Å². The molecule has 17 heavy (non-hydrogen) atoms. The van der Waals surface area contributed by atoms with Gasteiger partial charge < -0.3 is 4.74 Å². The van der Waals surface area contributed by atoms with E-state index in [1.165, 1.54) is 12.3 Å². The Labute approximate surface area is 99.5 Å². The van der Waals surface area contributed by atoms with Crippen molar-refractivity contribution >= 4 is 0 Å². The standard InChI is InChI=1S/C13H14N2O2/c16-13-7-8-14-11-15(13)9-4-10-17-12-5-2-1-3-6-12/h1-3,5-8,11H,4,9-10H2. The number of para-hydroxylation sites is 1. The Bertz CT molecular complexity index is 508. The van der Waals surface area contributed by atoms with Crippen molar-refractivity contribution in [3.8, 4) is 5.75 Å². The molecule has 0 N–H and O–H groups in total. The molecule has 2 aromatic rings. The third-order valence-corrected chi connectivity index (χ3v) is 2.35. The highest BCUT2D eigenvalue weighted by Crippen LogP contribution is 2.08. The number of nitrogens with zero attached hydrogens (tertiary/aromatic N) is 2. The SMILES string of the molecule is O=c1ccncn1CCCOc1ccccc1. The van der Waals surface area contributed by atoms with E-state index in [0.29, 0.717) is 13.2 Å². The third-order valence-electron chi connectivity index (χ3n) is 2.35. The number of aryl methyl sites for hydroxylation is 1. The Morgan fingerprint density at radius 2 is 2.00 bits per heavy atom. The molecular weight excluding hydrogens is 216 g/mol. The average molecular weight is 230 g/mol. The van der Waals surface area contributed by atoms with E-state index in [2.05, 4.69) is 4.98 Å². The maximum Gasteiger partial charge on any atom is 0.253 e. The summed E-state index contributed by atoms with van der Waals surface area (Å²) in [5.41, 5.74) is -0.0280. The third kappa shape index (κ3) is 3.45. The second kappa shape index (κ2) is 5.84. The summed E-state index contributed by atoms with van der Waals surface area (Å²) in [6, 6.07) is 11.1. The molecule has 0 radical (unpaired) electrons. The predicted molar refractivity (Wildman–Crippen MR) is 65.1 cm³/mol. The first-order valence-corrected chi connectivity index (χ1v) is 5.54. The van der Waals surface area contributed by atoms with Crippen LogP contribution in [-0.4, -0.2) is 16.2 Å². The van der Waals surface area contributed by atoms with Gasteiger partial charge >= 0.3 is 0 Å². The molecule has 4 nitrogen and oxygen atoms in total. The summed E-state index contributed by atoms with van der Waals surface area (Å²) in [6.07, 6.45) is 3.82. The van der Waals surface area contributed by atoms with Crippen molar-refractivity contribution in [1.82, 2.24) is 9.55 Å². The number of hydrogen-bond donors (Lipinski definition) is 0. The molecule has 88 valence electrons. The lowest BCUT2D eigenvalue weighted by Gasteiger charge is -2.06. The van der Waals surface area contributed by atoms with E-state index in [0.717, 1.165) is 12.2 Å². The number of benzene rings is 1. The number of rotatable bonds is 5. The molecule has 2 rings (SSSR count). The summed E-state index contributed by atoms with van der Waals surface area (Å²) in [6.45, 7) is 1.21. The van der Waals surface area contributed by atoms with Crippen molar-refractivity contribution in [3.63, 3.8) is 0 Å². The zero-order valence-corrected chi connectivity index (χ0v) is 9.45. The molecule has 1 heterocycles. The smallest absolute Gasteiger partial charge is 0.253 e. The van der Waals surface area contributed by atoms with Crippen LogP contribution in [0.2, 0.25) is 0 Å². The van der Waals surface area contributed by atoms with E-state index in [4.69, 9.17) is 4.74 Å². The number of aromatic nitrogens is 2. The van der Waals surface area contributed by atoms with Crippen LogP contribution in [-0.2, 0) is 6.54 Å². The largest absolute Gasteiger partial charge is 0.494 e. The molecule has 0 spiro atoms. The van der Waals surface area contributed by atoms with Crippen molar-refractivity contribution < 1.29 is 4.74 Å². The molecule has 4 heteroatoms. The van der Waals surface area contributed by atoms with E-state index in [-0.39, 0.29) is 5.56 Å². The Kier molecular flexibility index (Phi) is 3.91. The van der Waals surface area contributed by atoms with Crippen LogP contribution in [0.5, 0.6) is 5.75 Å². The van der Waals surface area contributed by atoms with Crippen LogP contribution in [0.15, 0.2) is 53.7 Å². The quantitative estimate of drug-likeness (QED) is 0.734. The molecule has 0 saturated heterocycles. The minimum absolute atomic E-state index is 0.0280. The lowest BCUT2D eigenvalue weighted by atomic mass is 10.3. The van der Waals surface area contributed by atoms with Crippen LogP contribution in [0.4, 0.5) is 0 Å². The average Bonchev–Trinajstić information content (AvgIpc) is 2.38. The van der Waals surface area contributed by atoms with Crippen LogP contribution < -0.4 is 10.3 Å². The molecule has 0 bridgehead atoms. The van der Waals surface area contributed by atoms with E-state index < -0.39 is 0 Å². The topological polar surface area (TPSA) is 44.1 Å². The van der Waals surface area contributed by atoms with Gasteiger partial charge in [0.05, 0.1) is 12.9 Å². The molecule has 0 saturated carbocycles. The van der Waals surface area contributed by atoms with Gasteiger partial charge in [-0.25, -0.2) is 4.98 Å². The van der Waals surface area contributed by atoms with Crippen molar-refractivity contribution in [1.29, 1.82) is 0 Å². The molecule has 0 unspecified atom stereocenters. The molecule has 1 aromatic heterocycles. The molecule has 0 aliphatic rings. The van der Waals surface area contributed by atoms with E-state index in [1.54, 1.807) is 10.9 Å². The maximum absolute atomic E-state index is 11.4. The fourth-order valence-electron chi connectivity index (χ4n) is 1.49. The van der Waals surface area contributed by atoms with Gasteiger partial charge in [-0.05, 0) is 18.6 Å². The molecule has 0 aliphatic heterocycles. The Hall–Kier alpha value is -2.10. The predicted octanol–water partition coefficient (Wildman–Crippen LogP) is 1.71. The van der Waals surface area contributed by atoms with Gasteiger partial charge in [0.25, 0.3) is 5.56 Å². The summed E-state index contributed by atoms with van der Waals surface area (Å²) in [7, 11) is 0. The van der Waals surface area contributed by atoms with Gasteiger partial charge in [0.2, 0.25) is 0 Å². The lowest BCUT2D eigenvalue weighted by Crippen LogP contribution is -2.19. The molecule has 0 aliphatic carbocycles. The van der Waals surface area contributed by atoms with Crippen LogP contribution in [0.3, 0.4) is 0 Å². The first-order chi connectivity index (χ1) is 8.36. The van der Waals surface area contributed by atoms with Gasteiger partial charge in [-0.2, -0.15) is 0 Å². The van der Waals surface area contributed by atoms with Gasteiger partial charge in [-0.3, -0.25) is 9.36 Å². The highest BCUT2D eigenvalue weighted by Gasteiger charge is 1.95. The summed E-state index contributed by atoms with van der Waals surface area (Å²) in [5, 5.41) is 0. The normalized spacial score (nSPS) is 10.1. The van der Waals surface area contributed by atoms with Gasteiger partial charge in [0, 0.05) is 18.8 Å². The van der Waals surface area contributed by atoms with Gasteiger partial charge in [-0.1, -0.05) is 18.2 Å². The zero-order chi connectivity index (χ0) is 11.9. The van der Waals surface area contributed by atoms with Crippen LogP contribution >= 0.6 is 0 Å². The first-order valence-electron chi connectivity index (χ1n) is 5.54. The summed E-state index contributed by atoms with van der Waals surface area (Å²) in [4.78, 5) is 15.3. The minimum atomic E-state index is -0.0280. The zero-order valence-electron chi connectivity index (χ0n) is 9.45. The Balaban J connectivity index is 1.78. The molecule has 1 aromatic carbocycles. The highest BCUT2D eigenvalue weighted by atomic mass is 16.5. The van der Waals surface area contributed by atoms with E-state index >= 15 is 0 Å². The Morgan fingerprint density at radius 3 is 2.76 bits per heavy atom. The minimum Gasteiger partial charge on any atom is -0.494 e. The van der Waals surface area contributed by atoms with E-state index in [1.807, 2.05) is 30.3 Å². The molecule has 0 atom stereocenters. The fourth-order valence-corrected chi connectivity index (χ4v) is 1.49. The van der Waals surface area contributed by atoms with Gasteiger partial charge in [-0.15, -0.1) is 0 Å². The molecule has 0 fully saturated rings. The fraction of sp³-hybridized carbons (Fsp3) is 0.231. The van der Waals surface area contributed by atoms with Crippen molar-refractivity contribution in [2.24, 2.45) is 0 Å². The maximum atomic E-state index is 11.4. The van der Waals surface area contributed by atoms with E-state index in [9.17, 15) is 4.79 Å². The van der Waals surface area contributed by atoms with Crippen LogP contribution in [0.25, 0.3) is 0 Å². The van der Waals surface area contributed by atoms with Crippen molar-refractivity contribution in [3.05, 3.63) is 59.3 Å². The first kappa shape index (κ1) is 11.4. The summed E-state index contributed by atoms with van der Waals surface area (Å²) in [5.74, 6) is 0.853. The second-order valence-corrected chi connectivity index (χ2v) is 3.63. The van der Waals surface area contributed by atoms with Gasteiger partial charge in [0.1, 0.15) is 5.75 Å². The number of hydrogen-bond acceptors (Lipinski definition) is 3. The van der Waals surface area contributed by atoms with Crippen LogP contribution in [0, 0.1) is 0 Å². The summed E-state index contributed by atoms with van der Waals surface area (Å²) >= 11 is 0. The number of ether oxygens (including phenoxy) is 1. The monoisotopic (exact) mass is 230 g/mol. The van der Waals surface area contributed by atoms with Gasteiger partial charge in [0.15, 0.2) is 0 Å².